The molecule has 0 spiro atoms. The van der Waals surface area contributed by atoms with Crippen molar-refractivity contribution in [3.8, 4) is 0 Å². The van der Waals surface area contributed by atoms with E-state index >= 15 is 0 Å². The maximum Gasteiger partial charge on any atom is 0.255 e. The van der Waals surface area contributed by atoms with Gasteiger partial charge in [-0.3, -0.25) is 24.5 Å². The number of halogens is 1. The molecule has 0 radical (unpaired) electrons. The van der Waals surface area contributed by atoms with Crippen LogP contribution < -0.4 is 16.4 Å². The van der Waals surface area contributed by atoms with Crippen molar-refractivity contribution in [1.82, 2.24) is 10.2 Å². The van der Waals surface area contributed by atoms with Crippen LogP contribution in [0.15, 0.2) is 36.4 Å². The van der Waals surface area contributed by atoms with Crippen molar-refractivity contribution in [2.24, 2.45) is 5.73 Å². The number of anilines is 1. The fraction of sp³-hybridized carbons (Fsp3) is 0.238. The molecule has 1 fully saturated rings. The molecule has 0 unspecified atom stereocenters. The molecule has 0 saturated carbocycles. The first kappa shape index (κ1) is 19.6. The van der Waals surface area contributed by atoms with E-state index in [0.717, 1.165) is 0 Å². The van der Waals surface area contributed by atoms with E-state index in [4.69, 9.17) is 5.73 Å². The molecule has 2 aliphatic rings. The van der Waals surface area contributed by atoms with Gasteiger partial charge in [0.05, 0.1) is 5.56 Å². The van der Waals surface area contributed by atoms with E-state index in [1.165, 1.54) is 11.0 Å². The maximum absolute atomic E-state index is 14.5. The van der Waals surface area contributed by atoms with Crippen molar-refractivity contribution in [2.45, 2.75) is 32.0 Å². The summed E-state index contributed by atoms with van der Waals surface area (Å²) in [6.45, 7) is 0.281. The first-order valence-corrected chi connectivity index (χ1v) is 9.44. The predicted octanol–water partition coefficient (Wildman–Crippen LogP) is 1.30. The topological polar surface area (TPSA) is 122 Å². The van der Waals surface area contributed by atoms with Crippen molar-refractivity contribution in [3.05, 3.63) is 64.5 Å². The number of nitrogens with two attached hydrogens (primary N) is 1. The second-order valence-electron chi connectivity index (χ2n) is 7.23. The Balaban J connectivity index is 1.55. The molecule has 4 N–H and O–H groups in total. The van der Waals surface area contributed by atoms with E-state index in [-0.39, 0.29) is 48.9 Å². The lowest BCUT2D eigenvalue weighted by Crippen LogP contribution is -2.52. The Bertz CT molecular complexity index is 1080. The minimum atomic E-state index is -0.847. The van der Waals surface area contributed by atoms with Crippen LogP contribution >= 0.6 is 0 Å². The third-order valence-corrected chi connectivity index (χ3v) is 5.40. The van der Waals surface area contributed by atoms with Gasteiger partial charge < -0.3 is 16.0 Å². The largest absolute Gasteiger partial charge is 0.381 e. The summed E-state index contributed by atoms with van der Waals surface area (Å²) >= 11 is 0. The minimum Gasteiger partial charge on any atom is -0.381 e. The lowest BCUT2D eigenvalue weighted by atomic mass is 10.0. The van der Waals surface area contributed by atoms with Crippen LogP contribution in [0.3, 0.4) is 0 Å². The van der Waals surface area contributed by atoms with Crippen LogP contribution in [-0.2, 0) is 22.7 Å². The molecule has 2 heterocycles. The van der Waals surface area contributed by atoms with Crippen LogP contribution in [0.5, 0.6) is 0 Å². The minimum absolute atomic E-state index is 0.0794. The molecule has 30 heavy (non-hydrogen) atoms. The van der Waals surface area contributed by atoms with Gasteiger partial charge in [-0.1, -0.05) is 18.2 Å². The Morgan fingerprint density at radius 3 is 2.70 bits per heavy atom. The Hall–Kier alpha value is -3.75. The quantitative estimate of drug-likeness (QED) is 0.642. The number of piperidine rings is 1. The lowest BCUT2D eigenvalue weighted by molar-refractivity contribution is -0.136. The molecule has 9 heteroatoms. The van der Waals surface area contributed by atoms with Crippen LogP contribution in [0, 0.1) is 5.82 Å². The van der Waals surface area contributed by atoms with Gasteiger partial charge in [0.1, 0.15) is 11.9 Å². The number of benzene rings is 2. The molecule has 1 atom stereocenters. The second-order valence-corrected chi connectivity index (χ2v) is 7.23. The van der Waals surface area contributed by atoms with Crippen molar-refractivity contribution in [3.63, 3.8) is 0 Å². The summed E-state index contributed by atoms with van der Waals surface area (Å²) in [4.78, 5) is 49.2. The van der Waals surface area contributed by atoms with E-state index < -0.39 is 23.7 Å². The number of carbonyl (C=O) groups excluding carboxylic acids is 4. The molecule has 154 valence electrons. The first-order chi connectivity index (χ1) is 14.4. The van der Waals surface area contributed by atoms with Gasteiger partial charge in [0.15, 0.2) is 0 Å². The van der Waals surface area contributed by atoms with Crippen LogP contribution in [0.2, 0.25) is 0 Å². The van der Waals surface area contributed by atoms with E-state index in [0.29, 0.717) is 16.8 Å². The van der Waals surface area contributed by atoms with Crippen molar-refractivity contribution in [2.75, 3.05) is 5.32 Å². The van der Waals surface area contributed by atoms with Crippen LogP contribution in [0.25, 0.3) is 0 Å². The third-order valence-electron chi connectivity index (χ3n) is 5.40. The number of imide groups is 1. The Morgan fingerprint density at radius 2 is 1.97 bits per heavy atom. The molecule has 2 aromatic rings. The van der Waals surface area contributed by atoms with Gasteiger partial charge in [0, 0.05) is 41.9 Å². The highest BCUT2D eigenvalue weighted by Gasteiger charge is 2.39. The zero-order valence-electron chi connectivity index (χ0n) is 15.9. The van der Waals surface area contributed by atoms with Gasteiger partial charge in [-0.25, -0.2) is 4.39 Å². The SMILES string of the molecule is NC(=O)c1cccc(CNc2cccc3c2CN([C@@H]2CCC(=O)NC2=O)C3=O)c1F. The number of amides is 4. The fourth-order valence-corrected chi connectivity index (χ4v) is 3.85. The van der Waals surface area contributed by atoms with Crippen molar-refractivity contribution < 1.29 is 23.6 Å². The molecule has 8 nitrogen and oxygen atoms in total. The number of rotatable bonds is 5. The number of primary amides is 1. The Labute approximate surface area is 171 Å². The van der Waals surface area contributed by atoms with Crippen LogP contribution in [0.4, 0.5) is 10.1 Å². The smallest absolute Gasteiger partial charge is 0.255 e. The van der Waals surface area contributed by atoms with Gasteiger partial charge in [0.2, 0.25) is 11.8 Å². The summed E-state index contributed by atoms with van der Waals surface area (Å²) in [5.41, 5.74) is 7.03. The molecule has 2 aliphatic heterocycles. The summed E-state index contributed by atoms with van der Waals surface area (Å²) in [6.07, 6.45) is 0.454. The highest BCUT2D eigenvalue weighted by molar-refractivity contribution is 6.06. The van der Waals surface area contributed by atoms with E-state index in [9.17, 15) is 23.6 Å². The average Bonchev–Trinajstić information content (AvgIpc) is 3.04. The molecule has 4 amide bonds. The summed E-state index contributed by atoms with van der Waals surface area (Å²) < 4.78 is 14.5. The summed E-state index contributed by atoms with van der Waals surface area (Å²) in [6, 6.07) is 8.82. The van der Waals surface area contributed by atoms with Crippen LogP contribution in [-0.4, -0.2) is 34.6 Å². The van der Waals surface area contributed by atoms with Gasteiger partial charge in [-0.15, -0.1) is 0 Å². The highest BCUT2D eigenvalue weighted by Crippen LogP contribution is 2.32. The lowest BCUT2D eigenvalue weighted by Gasteiger charge is -2.29. The number of hydrogen-bond acceptors (Lipinski definition) is 5. The van der Waals surface area contributed by atoms with Gasteiger partial charge in [-0.2, -0.15) is 0 Å². The van der Waals surface area contributed by atoms with Gasteiger partial charge in [-0.05, 0) is 24.6 Å². The standard InChI is InChI=1S/C21H19FN4O4/c22-18-11(3-1-5-13(18)19(23)28)9-24-15-6-2-4-12-14(15)10-26(21(12)30)16-7-8-17(27)25-20(16)29/h1-6,16,24H,7-10H2,(H2,23,28)(H,25,27,29)/t16-/m1/s1. The van der Waals surface area contributed by atoms with Crippen molar-refractivity contribution in [1.29, 1.82) is 0 Å². The number of carbonyl (C=O) groups is 4. The molecule has 0 aromatic heterocycles. The number of nitrogens with zero attached hydrogens (tertiary/aromatic N) is 1. The van der Waals surface area contributed by atoms with E-state index in [2.05, 4.69) is 10.6 Å². The first-order valence-electron chi connectivity index (χ1n) is 9.44. The second kappa shape index (κ2) is 7.58. The Kier molecular flexibility index (Phi) is 4.94. The maximum atomic E-state index is 14.5. The summed E-state index contributed by atoms with van der Waals surface area (Å²) in [5, 5.41) is 5.37. The zero-order chi connectivity index (χ0) is 21.4. The zero-order valence-corrected chi connectivity index (χ0v) is 15.9. The third kappa shape index (κ3) is 3.38. The molecule has 2 aromatic carbocycles. The van der Waals surface area contributed by atoms with E-state index in [1.54, 1.807) is 30.3 Å². The monoisotopic (exact) mass is 410 g/mol. The van der Waals surface area contributed by atoms with Crippen LogP contribution in [0.1, 0.15) is 44.7 Å². The van der Waals surface area contributed by atoms with E-state index in [1.807, 2.05) is 0 Å². The Morgan fingerprint density at radius 1 is 1.20 bits per heavy atom. The molecular weight excluding hydrogens is 391 g/mol. The normalized spacial score (nSPS) is 18.2. The summed E-state index contributed by atoms with van der Waals surface area (Å²) in [5.74, 6) is -2.65. The number of hydrogen-bond donors (Lipinski definition) is 3. The molecule has 1 saturated heterocycles. The van der Waals surface area contributed by atoms with Gasteiger partial charge >= 0.3 is 0 Å². The molecule has 4 rings (SSSR count). The predicted molar refractivity (Wildman–Crippen MR) is 105 cm³/mol. The highest BCUT2D eigenvalue weighted by atomic mass is 19.1. The number of fused-ring (bicyclic) bond motifs is 1. The fourth-order valence-electron chi connectivity index (χ4n) is 3.85. The van der Waals surface area contributed by atoms with Crippen molar-refractivity contribution >= 4 is 29.3 Å². The number of nitrogens with one attached hydrogen (secondary N) is 2. The molecule has 0 aliphatic carbocycles. The van der Waals surface area contributed by atoms with Gasteiger partial charge in [0.25, 0.3) is 11.8 Å². The average molecular weight is 410 g/mol. The molecular formula is C21H19FN4O4. The molecule has 0 bridgehead atoms. The summed E-state index contributed by atoms with van der Waals surface area (Å²) in [7, 11) is 0.